The topological polar surface area (TPSA) is 128 Å². The van der Waals surface area contributed by atoms with Crippen molar-refractivity contribution in [1.82, 2.24) is 4.90 Å². The van der Waals surface area contributed by atoms with Gasteiger partial charge in [-0.05, 0) is 41.5 Å². The van der Waals surface area contributed by atoms with Gasteiger partial charge in [-0.3, -0.25) is 14.5 Å². The number of amides is 2. The molecule has 2 aliphatic rings. The van der Waals surface area contributed by atoms with E-state index in [4.69, 9.17) is 4.74 Å². The van der Waals surface area contributed by atoms with Crippen molar-refractivity contribution in [3.05, 3.63) is 69.8 Å². The van der Waals surface area contributed by atoms with Gasteiger partial charge in [-0.1, -0.05) is 51.2 Å². The van der Waals surface area contributed by atoms with Crippen LogP contribution in [0, 0.1) is 22.7 Å². The van der Waals surface area contributed by atoms with E-state index in [2.05, 4.69) is 19.1 Å². The molecule has 5 aromatic carbocycles. The van der Waals surface area contributed by atoms with Crippen LogP contribution in [0.2, 0.25) is 0 Å². The minimum Gasteiger partial charge on any atom is -0.386 e. The van der Waals surface area contributed by atoms with Gasteiger partial charge in [0.1, 0.15) is 0 Å². The van der Waals surface area contributed by atoms with Gasteiger partial charge in [-0.15, -0.1) is 0 Å². The predicted octanol–water partition coefficient (Wildman–Crippen LogP) is 6.75. The summed E-state index contributed by atoms with van der Waals surface area (Å²) < 4.78 is 4.93. The molecule has 7 rings (SSSR count). The second-order valence-electron chi connectivity index (χ2n) is 10.9. The molecule has 2 aliphatic heterocycles. The number of esters is 2. The Hall–Kier alpha value is -5.34. The van der Waals surface area contributed by atoms with Crippen LogP contribution in [0.3, 0.4) is 0 Å². The fourth-order valence-corrected chi connectivity index (χ4v) is 6.79. The highest BCUT2D eigenvalue weighted by molar-refractivity contribution is 6.42. The van der Waals surface area contributed by atoms with Crippen LogP contribution in [0.4, 0.5) is 0 Å². The Morgan fingerprint density at radius 1 is 0.619 bits per heavy atom. The van der Waals surface area contributed by atoms with Crippen LogP contribution in [-0.2, 0) is 4.74 Å². The van der Waals surface area contributed by atoms with Crippen molar-refractivity contribution in [2.24, 2.45) is 0 Å². The normalized spacial score (nSPS) is 14.3. The van der Waals surface area contributed by atoms with E-state index in [1.54, 1.807) is 30.3 Å². The van der Waals surface area contributed by atoms with Gasteiger partial charge < -0.3 is 4.74 Å². The molecule has 42 heavy (non-hydrogen) atoms. The standard InChI is InChI=1S/C34H23N3O5/c1-2-3-4-5-6-7-12-37-31(38)21-10-8-19-26-18(16-36)14-24-28-22(33(40)42-34(24)41)11-9-20(30(26)28)25-17(15-35)13-23(32(37)39)27(21)29(19)25/h8-11,13-14H,2-7,12H2,1H3. The van der Waals surface area contributed by atoms with E-state index >= 15 is 0 Å². The summed E-state index contributed by atoms with van der Waals surface area (Å²) in [7, 11) is 0. The monoisotopic (exact) mass is 553 g/mol. The molecule has 0 radical (unpaired) electrons. The van der Waals surface area contributed by atoms with Crippen LogP contribution in [-0.4, -0.2) is 35.2 Å². The van der Waals surface area contributed by atoms with Gasteiger partial charge in [0.25, 0.3) is 11.8 Å². The highest BCUT2D eigenvalue weighted by Gasteiger charge is 2.36. The Balaban J connectivity index is 1.52. The molecule has 0 fully saturated rings. The molecular weight excluding hydrogens is 530 g/mol. The molecule has 0 saturated carbocycles. The molecule has 204 valence electrons. The zero-order valence-electron chi connectivity index (χ0n) is 22.8. The Labute approximate surface area is 240 Å². The van der Waals surface area contributed by atoms with Crippen LogP contribution < -0.4 is 0 Å². The van der Waals surface area contributed by atoms with Crippen LogP contribution >= 0.6 is 0 Å². The average Bonchev–Trinajstić information content (AvgIpc) is 3.00. The fraction of sp³-hybridized carbons (Fsp3) is 0.235. The molecule has 0 bridgehead atoms. The lowest BCUT2D eigenvalue weighted by Gasteiger charge is -2.29. The number of hydrogen-bond donors (Lipinski definition) is 0. The molecule has 0 aliphatic carbocycles. The van der Waals surface area contributed by atoms with E-state index in [0.717, 1.165) is 32.1 Å². The second-order valence-corrected chi connectivity index (χ2v) is 10.9. The summed E-state index contributed by atoms with van der Waals surface area (Å²) >= 11 is 0. The molecule has 0 spiro atoms. The van der Waals surface area contributed by atoms with Crippen molar-refractivity contribution in [3.63, 3.8) is 0 Å². The van der Waals surface area contributed by atoms with Crippen molar-refractivity contribution < 1.29 is 23.9 Å². The molecule has 2 heterocycles. The lowest BCUT2D eigenvalue weighted by molar-refractivity contribution is 0.0390. The fourth-order valence-electron chi connectivity index (χ4n) is 6.79. The minimum absolute atomic E-state index is 0.102. The van der Waals surface area contributed by atoms with E-state index in [1.165, 1.54) is 11.0 Å². The van der Waals surface area contributed by atoms with Crippen molar-refractivity contribution in [2.75, 3.05) is 6.54 Å². The first-order chi connectivity index (χ1) is 20.4. The SMILES string of the molecule is CCCCCCCCN1C(=O)c2ccc3c4c(C#N)cc5c6c(ccc(c7c(C#N)cc(c2c37)C1=O)c64)C(=O)OC5=O. The largest absolute Gasteiger partial charge is 0.386 e. The van der Waals surface area contributed by atoms with Gasteiger partial charge >= 0.3 is 11.9 Å². The van der Waals surface area contributed by atoms with Gasteiger partial charge in [0.05, 0.1) is 40.0 Å². The number of unbranched alkanes of at least 4 members (excludes halogenated alkanes) is 5. The summed E-state index contributed by atoms with van der Waals surface area (Å²) in [6.07, 6.45) is 6.07. The Kier molecular flexibility index (Phi) is 5.71. The van der Waals surface area contributed by atoms with E-state index in [0.29, 0.717) is 61.6 Å². The number of carbonyl (C=O) groups is 4. The van der Waals surface area contributed by atoms with Gasteiger partial charge in [-0.2, -0.15) is 10.5 Å². The third-order valence-corrected chi connectivity index (χ3v) is 8.66. The van der Waals surface area contributed by atoms with Crippen molar-refractivity contribution in [2.45, 2.75) is 45.4 Å². The number of carbonyl (C=O) groups excluding carboxylic acids is 4. The molecule has 0 aromatic heterocycles. The van der Waals surface area contributed by atoms with E-state index in [9.17, 15) is 29.7 Å². The Morgan fingerprint density at radius 3 is 1.79 bits per heavy atom. The van der Waals surface area contributed by atoms with E-state index in [-0.39, 0.29) is 33.7 Å². The third kappa shape index (κ3) is 3.33. The summed E-state index contributed by atoms with van der Waals surface area (Å²) in [6.45, 7) is 2.45. The highest BCUT2D eigenvalue weighted by atomic mass is 16.6. The molecule has 8 heteroatoms. The number of nitriles is 2. The summed E-state index contributed by atoms with van der Waals surface area (Å²) in [5, 5.41) is 24.4. The molecular formula is C34H23N3O5. The number of nitrogens with zero attached hydrogens (tertiary/aromatic N) is 3. The maximum atomic E-state index is 13.8. The van der Waals surface area contributed by atoms with Crippen LogP contribution in [0.5, 0.6) is 0 Å². The Morgan fingerprint density at radius 2 is 1.14 bits per heavy atom. The maximum absolute atomic E-state index is 13.8. The predicted molar refractivity (Wildman–Crippen MR) is 156 cm³/mol. The number of imide groups is 1. The lowest BCUT2D eigenvalue weighted by atomic mass is 9.80. The number of cyclic esters (lactones) is 2. The number of ether oxygens (including phenoxy) is 1. The first-order valence-electron chi connectivity index (χ1n) is 14.1. The van der Waals surface area contributed by atoms with E-state index in [1.807, 2.05) is 0 Å². The van der Waals surface area contributed by atoms with Crippen LogP contribution in [0.25, 0.3) is 43.1 Å². The van der Waals surface area contributed by atoms with Crippen LogP contribution in [0.1, 0.15) is 98.0 Å². The highest BCUT2D eigenvalue weighted by Crippen LogP contribution is 2.48. The second kappa shape index (κ2) is 9.36. The smallest absolute Gasteiger partial charge is 0.346 e. The first-order valence-corrected chi connectivity index (χ1v) is 14.1. The number of fused-ring (bicyclic) bond motifs is 2. The number of hydrogen-bond acceptors (Lipinski definition) is 7. The van der Waals surface area contributed by atoms with E-state index < -0.39 is 17.8 Å². The molecule has 0 N–H and O–H groups in total. The summed E-state index contributed by atoms with van der Waals surface area (Å²) in [6, 6.07) is 14.0. The zero-order valence-corrected chi connectivity index (χ0v) is 22.8. The zero-order chi connectivity index (χ0) is 29.3. The first kappa shape index (κ1) is 25.6. The third-order valence-electron chi connectivity index (χ3n) is 8.66. The summed E-state index contributed by atoms with van der Waals surface area (Å²) in [5.74, 6) is -2.45. The van der Waals surface area contributed by atoms with Gasteiger partial charge in [0.2, 0.25) is 0 Å². The molecule has 2 amide bonds. The summed E-state index contributed by atoms with van der Waals surface area (Å²) in [4.78, 5) is 54.2. The Bertz CT molecular complexity index is 2170. The van der Waals surface area contributed by atoms with Crippen molar-refractivity contribution >= 4 is 66.8 Å². The van der Waals surface area contributed by atoms with Gasteiger partial charge in [-0.25, -0.2) is 9.59 Å². The van der Waals surface area contributed by atoms with Crippen LogP contribution in [0.15, 0.2) is 36.4 Å². The molecule has 8 nitrogen and oxygen atoms in total. The van der Waals surface area contributed by atoms with Crippen molar-refractivity contribution in [1.29, 1.82) is 10.5 Å². The van der Waals surface area contributed by atoms with Crippen molar-refractivity contribution in [3.8, 4) is 12.1 Å². The number of rotatable bonds is 7. The quantitative estimate of drug-likeness (QED) is 0.0544. The minimum atomic E-state index is -0.842. The lowest BCUT2D eigenvalue weighted by Crippen LogP contribution is -2.41. The molecule has 0 saturated heterocycles. The van der Waals surface area contributed by atoms with Gasteiger partial charge in [0.15, 0.2) is 0 Å². The average molecular weight is 554 g/mol. The molecule has 0 unspecified atom stereocenters. The molecule has 0 atom stereocenters. The van der Waals surface area contributed by atoms with Gasteiger partial charge in [0, 0.05) is 44.4 Å². The summed E-state index contributed by atoms with van der Waals surface area (Å²) in [5.41, 5.74) is 1.35. The number of benzene rings is 5. The maximum Gasteiger partial charge on any atom is 0.346 e. The molecule has 5 aromatic rings.